The molecule has 1 aromatic rings. The molecule has 3 rings (SSSR count). The number of nitrogens with zero attached hydrogens (tertiary/aromatic N) is 1. The highest BCUT2D eigenvalue weighted by molar-refractivity contribution is 7.10. The summed E-state index contributed by atoms with van der Waals surface area (Å²) in [7, 11) is 0. The lowest BCUT2D eigenvalue weighted by Gasteiger charge is -2.29. The van der Waals surface area contributed by atoms with Crippen LogP contribution >= 0.6 is 11.3 Å². The Morgan fingerprint density at radius 2 is 2.38 bits per heavy atom. The van der Waals surface area contributed by atoms with E-state index in [1.807, 2.05) is 11.3 Å². The van der Waals surface area contributed by atoms with Crippen LogP contribution in [0.4, 0.5) is 0 Å². The second-order valence-electron chi connectivity index (χ2n) is 3.69. The molecule has 0 N–H and O–H groups in total. The van der Waals surface area contributed by atoms with Gasteiger partial charge in [-0.2, -0.15) is 0 Å². The Morgan fingerprint density at radius 1 is 1.46 bits per heavy atom. The summed E-state index contributed by atoms with van der Waals surface area (Å²) in [5.41, 5.74) is 1.42. The van der Waals surface area contributed by atoms with Gasteiger partial charge in [0.25, 0.3) is 0 Å². The molecule has 1 saturated heterocycles. The zero-order valence-corrected chi connectivity index (χ0v) is 8.14. The SMILES string of the molecule is O=C1CCC2c3ccsc3CCN12. The minimum atomic E-state index is 0.349. The Bertz CT molecular complexity index is 358. The molecule has 1 unspecified atom stereocenters. The van der Waals surface area contributed by atoms with E-state index in [9.17, 15) is 4.79 Å². The number of hydrogen-bond donors (Lipinski definition) is 0. The van der Waals surface area contributed by atoms with Gasteiger partial charge in [0, 0.05) is 17.8 Å². The molecule has 0 bridgehead atoms. The molecule has 2 aliphatic heterocycles. The molecule has 1 amide bonds. The monoisotopic (exact) mass is 193 g/mol. The number of amides is 1. The van der Waals surface area contributed by atoms with Crippen molar-refractivity contribution in [1.29, 1.82) is 0 Å². The Balaban J connectivity index is 2.05. The maximum Gasteiger partial charge on any atom is 0.223 e. The summed E-state index contributed by atoms with van der Waals surface area (Å²) < 4.78 is 0. The van der Waals surface area contributed by atoms with Gasteiger partial charge in [-0.3, -0.25) is 4.79 Å². The smallest absolute Gasteiger partial charge is 0.223 e. The molecule has 2 aliphatic rings. The summed E-state index contributed by atoms with van der Waals surface area (Å²) in [6.07, 6.45) is 2.84. The first kappa shape index (κ1) is 7.56. The van der Waals surface area contributed by atoms with Crippen LogP contribution in [0, 0.1) is 0 Å². The first-order valence-electron chi connectivity index (χ1n) is 4.72. The van der Waals surface area contributed by atoms with E-state index in [1.54, 1.807) is 0 Å². The van der Waals surface area contributed by atoms with Crippen LogP contribution < -0.4 is 0 Å². The van der Waals surface area contributed by atoms with Gasteiger partial charge < -0.3 is 4.90 Å². The van der Waals surface area contributed by atoms with Gasteiger partial charge in [-0.1, -0.05) is 0 Å². The molecule has 13 heavy (non-hydrogen) atoms. The molecule has 0 spiro atoms. The van der Waals surface area contributed by atoms with E-state index in [1.165, 1.54) is 10.4 Å². The maximum absolute atomic E-state index is 11.5. The van der Waals surface area contributed by atoms with Crippen LogP contribution in [-0.2, 0) is 11.2 Å². The standard InChI is InChI=1S/C10H11NOS/c12-10-2-1-8-7-4-6-13-9(7)3-5-11(8)10/h4,6,8H,1-3,5H2. The molecule has 3 heterocycles. The Hall–Kier alpha value is -0.830. The molecule has 1 fully saturated rings. The molecule has 0 radical (unpaired) electrons. The van der Waals surface area contributed by atoms with Crippen LogP contribution in [0.25, 0.3) is 0 Å². The topological polar surface area (TPSA) is 20.3 Å². The lowest BCUT2D eigenvalue weighted by molar-refractivity contribution is -0.129. The molecular weight excluding hydrogens is 182 g/mol. The van der Waals surface area contributed by atoms with Crippen LogP contribution in [-0.4, -0.2) is 17.4 Å². The molecule has 1 atom stereocenters. The van der Waals surface area contributed by atoms with E-state index in [0.717, 1.165) is 25.8 Å². The van der Waals surface area contributed by atoms with Crippen molar-refractivity contribution in [3.8, 4) is 0 Å². The molecule has 0 aliphatic carbocycles. The molecule has 1 aromatic heterocycles. The van der Waals surface area contributed by atoms with Crippen molar-refractivity contribution in [3.63, 3.8) is 0 Å². The lowest BCUT2D eigenvalue weighted by Crippen LogP contribution is -2.33. The summed E-state index contributed by atoms with van der Waals surface area (Å²) in [5.74, 6) is 0.349. The van der Waals surface area contributed by atoms with Gasteiger partial charge in [0.1, 0.15) is 0 Å². The van der Waals surface area contributed by atoms with Gasteiger partial charge in [-0.25, -0.2) is 0 Å². The van der Waals surface area contributed by atoms with E-state index >= 15 is 0 Å². The highest BCUT2D eigenvalue weighted by Crippen LogP contribution is 2.39. The van der Waals surface area contributed by atoms with Gasteiger partial charge in [0.15, 0.2) is 0 Å². The normalized spacial score (nSPS) is 26.0. The summed E-state index contributed by atoms with van der Waals surface area (Å²) in [6.45, 7) is 0.941. The number of fused-ring (bicyclic) bond motifs is 3. The van der Waals surface area contributed by atoms with Crippen LogP contribution in [0.3, 0.4) is 0 Å². The number of hydrogen-bond acceptors (Lipinski definition) is 2. The number of carbonyl (C=O) groups excluding carboxylic acids is 1. The van der Waals surface area contributed by atoms with Crippen LogP contribution in [0.15, 0.2) is 11.4 Å². The fourth-order valence-electron chi connectivity index (χ4n) is 2.41. The summed E-state index contributed by atoms with van der Waals surface area (Å²) >= 11 is 1.84. The Labute approximate surface area is 81.2 Å². The second-order valence-corrected chi connectivity index (χ2v) is 4.69. The average molecular weight is 193 g/mol. The van der Waals surface area contributed by atoms with Crippen molar-refractivity contribution in [2.45, 2.75) is 25.3 Å². The third-order valence-electron chi connectivity index (χ3n) is 3.05. The summed E-state index contributed by atoms with van der Waals surface area (Å²) in [6, 6.07) is 2.61. The minimum absolute atomic E-state index is 0.349. The lowest BCUT2D eigenvalue weighted by atomic mass is 10.0. The highest BCUT2D eigenvalue weighted by atomic mass is 32.1. The Kier molecular flexibility index (Phi) is 1.50. The maximum atomic E-state index is 11.5. The van der Waals surface area contributed by atoms with Crippen LogP contribution in [0.2, 0.25) is 0 Å². The van der Waals surface area contributed by atoms with Crippen molar-refractivity contribution < 1.29 is 4.79 Å². The molecule has 3 heteroatoms. The first-order valence-corrected chi connectivity index (χ1v) is 5.60. The molecule has 0 saturated carbocycles. The highest BCUT2D eigenvalue weighted by Gasteiger charge is 2.36. The van der Waals surface area contributed by atoms with Gasteiger partial charge in [-0.15, -0.1) is 11.3 Å². The van der Waals surface area contributed by atoms with E-state index in [-0.39, 0.29) is 0 Å². The second kappa shape index (κ2) is 2.58. The molecule has 2 nitrogen and oxygen atoms in total. The zero-order chi connectivity index (χ0) is 8.84. The Morgan fingerprint density at radius 3 is 3.31 bits per heavy atom. The van der Waals surface area contributed by atoms with E-state index in [4.69, 9.17) is 0 Å². The van der Waals surface area contributed by atoms with Crippen molar-refractivity contribution in [2.24, 2.45) is 0 Å². The van der Waals surface area contributed by atoms with Crippen molar-refractivity contribution in [1.82, 2.24) is 4.90 Å². The van der Waals surface area contributed by atoms with Gasteiger partial charge in [0.2, 0.25) is 5.91 Å². The number of carbonyl (C=O) groups is 1. The molecular formula is C10H11NOS. The fourth-order valence-corrected chi connectivity index (χ4v) is 3.34. The quantitative estimate of drug-likeness (QED) is 0.617. The van der Waals surface area contributed by atoms with Crippen LogP contribution in [0.1, 0.15) is 29.3 Å². The van der Waals surface area contributed by atoms with E-state index in [0.29, 0.717) is 11.9 Å². The predicted octanol–water partition coefficient (Wildman–Crippen LogP) is 1.97. The van der Waals surface area contributed by atoms with E-state index in [2.05, 4.69) is 16.3 Å². The van der Waals surface area contributed by atoms with Crippen molar-refractivity contribution in [2.75, 3.05) is 6.54 Å². The fraction of sp³-hybridized carbons (Fsp3) is 0.500. The minimum Gasteiger partial charge on any atom is -0.335 e. The van der Waals surface area contributed by atoms with E-state index < -0.39 is 0 Å². The van der Waals surface area contributed by atoms with Gasteiger partial charge in [-0.05, 0) is 29.9 Å². The van der Waals surface area contributed by atoms with Gasteiger partial charge >= 0.3 is 0 Å². The van der Waals surface area contributed by atoms with Crippen molar-refractivity contribution >= 4 is 17.2 Å². The summed E-state index contributed by atoms with van der Waals surface area (Å²) in [4.78, 5) is 15.0. The van der Waals surface area contributed by atoms with Crippen molar-refractivity contribution in [3.05, 3.63) is 21.9 Å². The predicted molar refractivity (Wildman–Crippen MR) is 51.7 cm³/mol. The average Bonchev–Trinajstić information content (AvgIpc) is 2.70. The molecule has 0 aromatic carbocycles. The first-order chi connectivity index (χ1) is 6.36. The number of rotatable bonds is 0. The molecule has 68 valence electrons. The largest absolute Gasteiger partial charge is 0.335 e. The third kappa shape index (κ3) is 0.967. The third-order valence-corrected chi connectivity index (χ3v) is 4.04. The van der Waals surface area contributed by atoms with Gasteiger partial charge in [0.05, 0.1) is 6.04 Å². The van der Waals surface area contributed by atoms with Crippen LogP contribution in [0.5, 0.6) is 0 Å². The number of thiophene rings is 1. The zero-order valence-electron chi connectivity index (χ0n) is 7.32. The summed E-state index contributed by atoms with van der Waals surface area (Å²) in [5, 5.41) is 2.15.